The van der Waals surface area contributed by atoms with Gasteiger partial charge in [-0.1, -0.05) is 48.5 Å². The molecule has 150 valence electrons. The van der Waals surface area contributed by atoms with Crippen molar-refractivity contribution in [2.45, 2.75) is 6.61 Å². The normalized spacial score (nSPS) is 10.9. The number of hydrogen-bond acceptors (Lipinski definition) is 5. The van der Waals surface area contributed by atoms with Crippen molar-refractivity contribution in [3.05, 3.63) is 99.4 Å². The molecule has 0 saturated carbocycles. The Kier molecular flexibility index (Phi) is 6.40. The molecule has 0 spiro atoms. The SMILES string of the molecule is COc1cc(C=C(C#N)c2ccccc2F)c([N+](=O)[O-])cc1OCc1ccccc1. The monoisotopic (exact) mass is 404 g/mol. The minimum Gasteiger partial charge on any atom is -0.493 e. The first-order valence-electron chi connectivity index (χ1n) is 8.93. The van der Waals surface area contributed by atoms with Crippen LogP contribution in [0.25, 0.3) is 11.6 Å². The summed E-state index contributed by atoms with van der Waals surface area (Å²) >= 11 is 0. The zero-order chi connectivity index (χ0) is 21.5. The van der Waals surface area contributed by atoms with Crippen molar-refractivity contribution in [3.8, 4) is 17.6 Å². The van der Waals surface area contributed by atoms with Crippen LogP contribution in [0.3, 0.4) is 0 Å². The molecule has 0 aliphatic rings. The fourth-order valence-corrected chi connectivity index (χ4v) is 2.85. The van der Waals surface area contributed by atoms with E-state index in [9.17, 15) is 19.8 Å². The summed E-state index contributed by atoms with van der Waals surface area (Å²) in [5.41, 5.74) is 0.707. The average molecular weight is 404 g/mol. The highest BCUT2D eigenvalue weighted by Gasteiger charge is 2.20. The van der Waals surface area contributed by atoms with E-state index in [-0.39, 0.29) is 40.5 Å². The Balaban J connectivity index is 2.03. The first-order chi connectivity index (χ1) is 14.5. The van der Waals surface area contributed by atoms with Gasteiger partial charge in [-0.05, 0) is 23.8 Å². The number of nitro benzene ring substituents is 1. The number of nitrogens with zero attached hydrogens (tertiary/aromatic N) is 2. The molecule has 0 N–H and O–H groups in total. The molecule has 0 saturated heterocycles. The third kappa shape index (κ3) is 4.62. The number of benzene rings is 3. The predicted molar refractivity (Wildman–Crippen MR) is 110 cm³/mol. The Morgan fingerprint density at radius 2 is 1.83 bits per heavy atom. The topological polar surface area (TPSA) is 85.4 Å². The number of rotatable bonds is 7. The maximum absolute atomic E-state index is 14.1. The lowest BCUT2D eigenvalue weighted by molar-refractivity contribution is -0.385. The number of nitro groups is 1. The summed E-state index contributed by atoms with van der Waals surface area (Å²) in [6.07, 6.45) is 1.26. The fourth-order valence-electron chi connectivity index (χ4n) is 2.85. The minimum absolute atomic E-state index is 0.0452. The van der Waals surface area contributed by atoms with Crippen LogP contribution in [0.1, 0.15) is 16.7 Å². The molecular formula is C23H17FN2O4. The van der Waals surface area contributed by atoms with E-state index in [1.165, 1.54) is 43.5 Å². The molecule has 3 aromatic carbocycles. The van der Waals surface area contributed by atoms with Crippen LogP contribution in [0, 0.1) is 27.3 Å². The van der Waals surface area contributed by atoms with E-state index in [4.69, 9.17) is 9.47 Å². The van der Waals surface area contributed by atoms with Crippen LogP contribution >= 0.6 is 0 Å². The molecule has 0 radical (unpaired) electrons. The Bertz CT molecular complexity index is 1140. The predicted octanol–water partition coefficient (Wildman–Crippen LogP) is 5.39. The summed E-state index contributed by atoms with van der Waals surface area (Å²) in [7, 11) is 1.41. The van der Waals surface area contributed by atoms with Crippen molar-refractivity contribution < 1.29 is 18.8 Å². The Hall–Kier alpha value is -4.18. The molecule has 0 aromatic heterocycles. The third-order valence-electron chi connectivity index (χ3n) is 4.33. The summed E-state index contributed by atoms with van der Waals surface area (Å²) in [6.45, 7) is 0.197. The third-order valence-corrected chi connectivity index (χ3v) is 4.33. The van der Waals surface area contributed by atoms with E-state index < -0.39 is 10.7 Å². The maximum atomic E-state index is 14.1. The van der Waals surface area contributed by atoms with Crippen LogP contribution in [0.5, 0.6) is 11.5 Å². The molecule has 6 nitrogen and oxygen atoms in total. The van der Waals surface area contributed by atoms with Gasteiger partial charge in [0.2, 0.25) is 0 Å². The molecule has 3 aromatic rings. The first kappa shape index (κ1) is 20.6. The van der Waals surface area contributed by atoms with E-state index in [2.05, 4.69) is 0 Å². The average Bonchev–Trinajstić information content (AvgIpc) is 2.77. The minimum atomic E-state index is -0.595. The van der Waals surface area contributed by atoms with Crippen LogP contribution in [-0.2, 0) is 6.61 Å². The maximum Gasteiger partial charge on any atom is 0.280 e. The lowest BCUT2D eigenvalue weighted by Crippen LogP contribution is -2.00. The summed E-state index contributed by atoms with van der Waals surface area (Å²) < 4.78 is 25.1. The summed E-state index contributed by atoms with van der Waals surface area (Å²) in [4.78, 5) is 11.1. The van der Waals surface area contributed by atoms with Gasteiger partial charge >= 0.3 is 0 Å². The second-order valence-corrected chi connectivity index (χ2v) is 6.24. The smallest absolute Gasteiger partial charge is 0.280 e. The standard InChI is InChI=1S/C23H17FN2O4/c1-29-22-12-17(11-18(14-25)19-9-5-6-10-20(19)24)21(26(27)28)13-23(22)30-15-16-7-3-2-4-8-16/h2-13H,15H2,1H3. The summed E-state index contributed by atoms with van der Waals surface area (Å²) in [5.74, 6) is -0.147. The van der Waals surface area contributed by atoms with E-state index in [0.717, 1.165) is 5.56 Å². The Morgan fingerprint density at radius 3 is 2.47 bits per heavy atom. The molecule has 3 rings (SSSR count). The van der Waals surface area contributed by atoms with Crippen molar-refractivity contribution in [3.63, 3.8) is 0 Å². The molecular weight excluding hydrogens is 387 g/mol. The highest BCUT2D eigenvalue weighted by molar-refractivity contribution is 5.91. The second-order valence-electron chi connectivity index (χ2n) is 6.24. The van der Waals surface area contributed by atoms with Gasteiger partial charge < -0.3 is 9.47 Å². The van der Waals surface area contributed by atoms with E-state index in [0.29, 0.717) is 0 Å². The molecule has 0 aliphatic carbocycles. The van der Waals surface area contributed by atoms with Gasteiger partial charge in [-0.2, -0.15) is 5.26 Å². The summed E-state index contributed by atoms with van der Waals surface area (Å²) in [6, 6.07) is 19.6. The van der Waals surface area contributed by atoms with Gasteiger partial charge in [-0.15, -0.1) is 0 Å². The molecule has 0 aliphatic heterocycles. The van der Waals surface area contributed by atoms with Crippen molar-refractivity contribution in [1.29, 1.82) is 5.26 Å². The lowest BCUT2D eigenvalue weighted by atomic mass is 10.0. The largest absolute Gasteiger partial charge is 0.493 e. The van der Waals surface area contributed by atoms with Crippen LogP contribution < -0.4 is 9.47 Å². The van der Waals surface area contributed by atoms with Crippen molar-refractivity contribution in [1.82, 2.24) is 0 Å². The molecule has 0 atom stereocenters. The van der Waals surface area contributed by atoms with Gasteiger partial charge in [0.15, 0.2) is 11.5 Å². The van der Waals surface area contributed by atoms with E-state index >= 15 is 0 Å². The van der Waals surface area contributed by atoms with Gasteiger partial charge in [-0.25, -0.2) is 4.39 Å². The van der Waals surface area contributed by atoms with Gasteiger partial charge in [0.1, 0.15) is 12.4 Å². The molecule has 30 heavy (non-hydrogen) atoms. The van der Waals surface area contributed by atoms with Crippen molar-refractivity contribution >= 4 is 17.3 Å². The number of methoxy groups -OCH3 is 1. The highest BCUT2D eigenvalue weighted by atomic mass is 19.1. The molecule has 0 fully saturated rings. The molecule has 0 unspecified atom stereocenters. The summed E-state index contributed by atoms with van der Waals surface area (Å²) in [5, 5.41) is 21.1. The number of nitriles is 1. The molecule has 7 heteroatoms. The van der Waals surface area contributed by atoms with Gasteiger partial charge in [-0.3, -0.25) is 10.1 Å². The zero-order valence-electron chi connectivity index (χ0n) is 16.0. The highest BCUT2D eigenvalue weighted by Crippen LogP contribution is 2.37. The Labute approximate surface area is 172 Å². The lowest BCUT2D eigenvalue weighted by Gasteiger charge is -2.12. The van der Waals surface area contributed by atoms with Crippen LogP contribution in [0.15, 0.2) is 66.7 Å². The number of allylic oxidation sites excluding steroid dienone is 1. The number of halogens is 1. The van der Waals surface area contributed by atoms with Crippen molar-refractivity contribution in [2.24, 2.45) is 0 Å². The first-order valence-corrected chi connectivity index (χ1v) is 8.93. The Morgan fingerprint density at radius 1 is 1.13 bits per heavy atom. The van der Waals surface area contributed by atoms with E-state index in [1.807, 2.05) is 36.4 Å². The van der Waals surface area contributed by atoms with Gasteiger partial charge in [0.05, 0.1) is 35.3 Å². The van der Waals surface area contributed by atoms with Gasteiger partial charge in [0, 0.05) is 5.56 Å². The van der Waals surface area contributed by atoms with Crippen LogP contribution in [-0.4, -0.2) is 12.0 Å². The van der Waals surface area contributed by atoms with Crippen LogP contribution in [0.4, 0.5) is 10.1 Å². The zero-order valence-corrected chi connectivity index (χ0v) is 16.0. The molecule has 0 heterocycles. The van der Waals surface area contributed by atoms with Crippen molar-refractivity contribution in [2.75, 3.05) is 7.11 Å². The van der Waals surface area contributed by atoms with Crippen LogP contribution in [0.2, 0.25) is 0 Å². The van der Waals surface area contributed by atoms with Gasteiger partial charge in [0.25, 0.3) is 5.69 Å². The molecule has 0 amide bonds. The fraction of sp³-hybridized carbons (Fsp3) is 0.0870. The van der Waals surface area contributed by atoms with E-state index in [1.54, 1.807) is 6.07 Å². The number of hydrogen-bond donors (Lipinski definition) is 0. The molecule has 0 bridgehead atoms. The number of ether oxygens (including phenoxy) is 2. The quantitative estimate of drug-likeness (QED) is 0.228. The second kappa shape index (κ2) is 9.34.